The number of benzene rings is 1. The molecule has 0 spiro atoms. The van der Waals surface area contributed by atoms with E-state index in [4.69, 9.17) is 16.3 Å². The highest BCUT2D eigenvalue weighted by molar-refractivity contribution is 7.12. The highest BCUT2D eigenvalue weighted by atomic mass is 35.5. The molecule has 0 aliphatic rings. The molecule has 0 saturated carbocycles. The van der Waals surface area contributed by atoms with E-state index in [-0.39, 0.29) is 11.9 Å². The van der Waals surface area contributed by atoms with Crippen molar-refractivity contribution in [1.29, 1.82) is 0 Å². The molecule has 0 bridgehead atoms. The summed E-state index contributed by atoms with van der Waals surface area (Å²) in [7, 11) is 1.55. The quantitative estimate of drug-likeness (QED) is 0.858. The van der Waals surface area contributed by atoms with Crippen LogP contribution in [0.15, 0.2) is 41.8 Å². The van der Waals surface area contributed by atoms with Crippen molar-refractivity contribution >= 4 is 28.8 Å². The molecule has 0 fully saturated rings. The summed E-state index contributed by atoms with van der Waals surface area (Å²) in [6, 6.07) is 11.2. The highest BCUT2D eigenvalue weighted by Gasteiger charge is 2.18. The zero-order chi connectivity index (χ0) is 13.7. The average molecular weight is 296 g/mol. The monoisotopic (exact) mass is 295 g/mol. The van der Waals surface area contributed by atoms with Crippen LogP contribution in [0.2, 0.25) is 0 Å². The zero-order valence-electron chi connectivity index (χ0n) is 10.4. The first-order valence-electron chi connectivity index (χ1n) is 5.79. The van der Waals surface area contributed by atoms with Gasteiger partial charge in [-0.2, -0.15) is 0 Å². The summed E-state index contributed by atoms with van der Waals surface area (Å²) in [5.74, 6) is 0.744. The smallest absolute Gasteiger partial charge is 0.265 e. The SMILES string of the molecule is COc1ccsc1C(=O)NC(CCl)c1ccccc1. The van der Waals surface area contributed by atoms with Crippen molar-refractivity contribution in [3.8, 4) is 5.75 Å². The topological polar surface area (TPSA) is 38.3 Å². The van der Waals surface area contributed by atoms with Crippen LogP contribution >= 0.6 is 22.9 Å². The van der Waals surface area contributed by atoms with E-state index in [0.29, 0.717) is 16.5 Å². The van der Waals surface area contributed by atoms with Gasteiger partial charge in [-0.15, -0.1) is 22.9 Å². The maximum Gasteiger partial charge on any atom is 0.265 e. The first-order chi connectivity index (χ1) is 9.26. The Balaban J connectivity index is 2.13. The van der Waals surface area contributed by atoms with Crippen LogP contribution in [0.5, 0.6) is 5.75 Å². The number of amides is 1. The van der Waals surface area contributed by atoms with Crippen molar-refractivity contribution in [2.75, 3.05) is 13.0 Å². The van der Waals surface area contributed by atoms with Crippen molar-refractivity contribution in [1.82, 2.24) is 5.32 Å². The molecule has 5 heteroatoms. The van der Waals surface area contributed by atoms with Gasteiger partial charge >= 0.3 is 0 Å². The fraction of sp³-hybridized carbons (Fsp3) is 0.214. The third-order valence-electron chi connectivity index (χ3n) is 2.72. The number of rotatable bonds is 5. The third kappa shape index (κ3) is 3.28. The molecule has 19 heavy (non-hydrogen) atoms. The molecule has 1 amide bonds. The van der Waals surface area contributed by atoms with E-state index in [2.05, 4.69) is 5.32 Å². The number of hydrogen-bond donors (Lipinski definition) is 1. The lowest BCUT2D eigenvalue weighted by molar-refractivity contribution is 0.0942. The lowest BCUT2D eigenvalue weighted by atomic mass is 10.1. The molecular formula is C14H14ClNO2S. The molecule has 0 aliphatic heterocycles. The molecule has 1 N–H and O–H groups in total. The second kappa shape index (κ2) is 6.59. The molecule has 100 valence electrons. The number of nitrogens with one attached hydrogen (secondary N) is 1. The van der Waals surface area contributed by atoms with Crippen molar-refractivity contribution < 1.29 is 9.53 Å². The van der Waals surface area contributed by atoms with E-state index in [0.717, 1.165) is 5.56 Å². The van der Waals surface area contributed by atoms with Crippen LogP contribution in [0.4, 0.5) is 0 Å². The Morgan fingerprint density at radius 3 is 2.74 bits per heavy atom. The van der Waals surface area contributed by atoms with Gasteiger partial charge in [0, 0.05) is 5.88 Å². The van der Waals surface area contributed by atoms with Gasteiger partial charge < -0.3 is 10.1 Å². The molecule has 0 radical (unpaired) electrons. The Bertz CT molecular complexity index is 541. The molecular weight excluding hydrogens is 282 g/mol. The maximum atomic E-state index is 12.2. The number of carbonyl (C=O) groups is 1. The molecule has 2 rings (SSSR count). The first kappa shape index (κ1) is 13.9. The third-order valence-corrected chi connectivity index (χ3v) is 3.92. The van der Waals surface area contributed by atoms with Crippen molar-refractivity contribution in [2.45, 2.75) is 6.04 Å². The summed E-state index contributed by atoms with van der Waals surface area (Å²) in [4.78, 5) is 12.8. The molecule has 3 nitrogen and oxygen atoms in total. The molecule has 0 aliphatic carbocycles. The van der Waals surface area contributed by atoms with Gasteiger partial charge in [-0.1, -0.05) is 30.3 Å². The zero-order valence-corrected chi connectivity index (χ0v) is 12.0. The number of methoxy groups -OCH3 is 1. The fourth-order valence-corrected chi connectivity index (χ4v) is 2.76. The normalized spacial score (nSPS) is 11.9. The number of halogens is 1. The maximum absolute atomic E-state index is 12.2. The van der Waals surface area contributed by atoms with E-state index < -0.39 is 0 Å². The van der Waals surface area contributed by atoms with Crippen LogP contribution in [-0.4, -0.2) is 18.9 Å². The molecule has 1 atom stereocenters. The number of thiophene rings is 1. The van der Waals surface area contributed by atoms with Gasteiger partial charge in [-0.3, -0.25) is 4.79 Å². The minimum atomic E-state index is -0.206. The largest absolute Gasteiger partial charge is 0.495 e. The van der Waals surface area contributed by atoms with Crippen molar-refractivity contribution in [2.24, 2.45) is 0 Å². The van der Waals surface area contributed by atoms with Gasteiger partial charge in [0.25, 0.3) is 5.91 Å². The lowest BCUT2D eigenvalue weighted by Gasteiger charge is -2.16. The average Bonchev–Trinajstić information content (AvgIpc) is 2.94. The van der Waals surface area contributed by atoms with Gasteiger partial charge in [0.15, 0.2) is 0 Å². The molecule has 1 heterocycles. The van der Waals surface area contributed by atoms with Crippen molar-refractivity contribution in [3.63, 3.8) is 0 Å². The standard InChI is InChI=1S/C14H14ClNO2S/c1-18-12-7-8-19-13(12)14(17)16-11(9-15)10-5-3-2-4-6-10/h2-8,11H,9H2,1H3,(H,16,17). The van der Waals surface area contributed by atoms with Crippen LogP contribution in [0.3, 0.4) is 0 Å². The van der Waals surface area contributed by atoms with Crippen LogP contribution in [0.25, 0.3) is 0 Å². The predicted molar refractivity (Wildman–Crippen MR) is 78.2 cm³/mol. The Kier molecular flexibility index (Phi) is 4.82. The number of hydrogen-bond acceptors (Lipinski definition) is 3. The van der Waals surface area contributed by atoms with Gasteiger partial charge in [-0.05, 0) is 17.0 Å². The summed E-state index contributed by atoms with van der Waals surface area (Å²) in [5, 5.41) is 4.74. The van der Waals surface area contributed by atoms with E-state index >= 15 is 0 Å². The Morgan fingerprint density at radius 1 is 1.37 bits per heavy atom. The Morgan fingerprint density at radius 2 is 2.11 bits per heavy atom. The van der Waals surface area contributed by atoms with Gasteiger partial charge in [0.1, 0.15) is 10.6 Å². The Labute approximate surface area is 121 Å². The minimum absolute atomic E-state index is 0.165. The predicted octanol–water partition coefficient (Wildman–Crippen LogP) is 3.47. The number of carbonyl (C=O) groups excluding carboxylic acids is 1. The van der Waals surface area contributed by atoms with E-state index in [1.54, 1.807) is 13.2 Å². The molecule has 1 unspecified atom stereocenters. The summed E-state index contributed by atoms with van der Waals surface area (Å²) < 4.78 is 5.14. The summed E-state index contributed by atoms with van der Waals surface area (Å²) in [6.45, 7) is 0. The molecule has 0 saturated heterocycles. The molecule has 1 aromatic carbocycles. The Hall–Kier alpha value is -1.52. The highest BCUT2D eigenvalue weighted by Crippen LogP contribution is 2.25. The lowest BCUT2D eigenvalue weighted by Crippen LogP contribution is -2.29. The molecule has 2 aromatic rings. The fourth-order valence-electron chi connectivity index (χ4n) is 1.74. The van der Waals surface area contributed by atoms with Crippen LogP contribution in [0, 0.1) is 0 Å². The summed E-state index contributed by atoms with van der Waals surface area (Å²) in [6.07, 6.45) is 0. The molecule has 1 aromatic heterocycles. The van der Waals surface area contributed by atoms with Crippen LogP contribution in [0.1, 0.15) is 21.3 Å². The second-order valence-corrected chi connectivity index (χ2v) is 5.13. The van der Waals surface area contributed by atoms with Gasteiger partial charge in [0.05, 0.1) is 13.2 Å². The summed E-state index contributed by atoms with van der Waals surface area (Å²) in [5.41, 5.74) is 0.987. The van der Waals surface area contributed by atoms with Gasteiger partial charge in [0.2, 0.25) is 0 Å². The van der Waals surface area contributed by atoms with Crippen LogP contribution in [-0.2, 0) is 0 Å². The van der Waals surface area contributed by atoms with E-state index in [9.17, 15) is 4.79 Å². The van der Waals surface area contributed by atoms with Crippen LogP contribution < -0.4 is 10.1 Å². The number of alkyl halides is 1. The first-order valence-corrected chi connectivity index (χ1v) is 7.21. The second-order valence-electron chi connectivity index (χ2n) is 3.91. The minimum Gasteiger partial charge on any atom is -0.495 e. The van der Waals surface area contributed by atoms with Crippen molar-refractivity contribution in [3.05, 3.63) is 52.2 Å². The van der Waals surface area contributed by atoms with E-state index in [1.165, 1.54) is 11.3 Å². The van der Waals surface area contributed by atoms with E-state index in [1.807, 2.05) is 35.7 Å². The number of ether oxygens (including phenoxy) is 1. The van der Waals surface area contributed by atoms with Gasteiger partial charge in [-0.25, -0.2) is 0 Å². The summed E-state index contributed by atoms with van der Waals surface area (Å²) >= 11 is 7.29.